The maximum atomic E-state index is 12.0. The maximum absolute atomic E-state index is 12.0. The van der Waals surface area contributed by atoms with Crippen LogP contribution in [-0.2, 0) is 16.1 Å². The maximum Gasteiger partial charge on any atom is 0.249 e. The summed E-state index contributed by atoms with van der Waals surface area (Å²) in [5.41, 5.74) is 2.02. The van der Waals surface area contributed by atoms with E-state index >= 15 is 0 Å². The third-order valence-corrected chi connectivity index (χ3v) is 4.06. The smallest absolute Gasteiger partial charge is 0.249 e. The van der Waals surface area contributed by atoms with Gasteiger partial charge in [-0.2, -0.15) is 0 Å². The zero-order valence-electron chi connectivity index (χ0n) is 12.3. The van der Waals surface area contributed by atoms with Crippen LogP contribution < -0.4 is 15.5 Å². The third kappa shape index (κ3) is 3.63. The first-order valence-electron chi connectivity index (χ1n) is 7.16. The van der Waals surface area contributed by atoms with E-state index in [1.807, 2.05) is 36.9 Å². The van der Waals surface area contributed by atoms with E-state index in [0.717, 1.165) is 22.3 Å². The molecule has 1 fully saturated rings. The van der Waals surface area contributed by atoms with Crippen molar-refractivity contribution in [3.05, 3.63) is 28.2 Å². The molecule has 6 heteroatoms. The van der Waals surface area contributed by atoms with Crippen LogP contribution in [-0.4, -0.2) is 30.9 Å². The van der Waals surface area contributed by atoms with Crippen LogP contribution in [0, 0.1) is 0 Å². The van der Waals surface area contributed by atoms with Crippen molar-refractivity contribution in [3.8, 4) is 0 Å². The highest BCUT2D eigenvalue weighted by molar-refractivity contribution is 9.10. The van der Waals surface area contributed by atoms with Crippen LogP contribution in [0.4, 0.5) is 5.69 Å². The van der Waals surface area contributed by atoms with Crippen molar-refractivity contribution in [2.24, 2.45) is 0 Å². The fourth-order valence-corrected chi connectivity index (χ4v) is 2.89. The quantitative estimate of drug-likeness (QED) is 0.792. The van der Waals surface area contributed by atoms with Gasteiger partial charge in [-0.15, -0.1) is 0 Å². The van der Waals surface area contributed by atoms with Gasteiger partial charge in [-0.05, 0) is 30.7 Å². The molecule has 0 aliphatic carbocycles. The van der Waals surface area contributed by atoms with Gasteiger partial charge >= 0.3 is 0 Å². The first kappa shape index (κ1) is 16.0. The van der Waals surface area contributed by atoms with Gasteiger partial charge in [0.2, 0.25) is 11.8 Å². The van der Waals surface area contributed by atoms with E-state index < -0.39 is 0 Å². The highest BCUT2D eigenvalue weighted by Crippen LogP contribution is 2.28. The van der Waals surface area contributed by atoms with Gasteiger partial charge in [0, 0.05) is 16.7 Å². The normalized spacial score (nSPS) is 18.8. The number of benzene rings is 1. The first-order chi connectivity index (χ1) is 10.1. The van der Waals surface area contributed by atoms with Crippen molar-refractivity contribution in [2.45, 2.75) is 32.9 Å². The molecule has 0 radical (unpaired) electrons. The average molecular weight is 354 g/mol. The number of halogens is 1. The van der Waals surface area contributed by atoms with Crippen molar-refractivity contribution in [1.82, 2.24) is 10.6 Å². The Hall–Kier alpha value is -1.40. The number of nitrogens with zero attached hydrogens (tertiary/aromatic N) is 1. The summed E-state index contributed by atoms with van der Waals surface area (Å²) < 4.78 is 0.936. The van der Waals surface area contributed by atoms with Crippen LogP contribution in [0.5, 0.6) is 0 Å². The van der Waals surface area contributed by atoms with E-state index in [1.165, 1.54) is 0 Å². The molecular weight excluding hydrogens is 334 g/mol. The molecule has 1 aliphatic heterocycles. The molecule has 0 spiro atoms. The Kier molecular flexibility index (Phi) is 5.36. The van der Waals surface area contributed by atoms with Gasteiger partial charge in [0.1, 0.15) is 6.04 Å². The molecule has 1 aromatic carbocycles. The molecule has 2 rings (SSSR count). The van der Waals surface area contributed by atoms with Gasteiger partial charge in [0.25, 0.3) is 0 Å². The van der Waals surface area contributed by atoms with Crippen molar-refractivity contribution < 1.29 is 9.59 Å². The number of piperazine rings is 1. The van der Waals surface area contributed by atoms with Gasteiger partial charge in [0.05, 0.1) is 6.54 Å². The molecule has 1 saturated heterocycles. The lowest BCUT2D eigenvalue weighted by Gasteiger charge is -2.36. The van der Waals surface area contributed by atoms with Crippen LogP contribution in [0.2, 0.25) is 0 Å². The summed E-state index contributed by atoms with van der Waals surface area (Å²) in [5, 5.41) is 5.70. The summed E-state index contributed by atoms with van der Waals surface area (Å²) in [6.45, 7) is 5.79. The second-order valence-corrected chi connectivity index (χ2v) is 5.93. The van der Waals surface area contributed by atoms with E-state index in [4.69, 9.17) is 0 Å². The zero-order valence-corrected chi connectivity index (χ0v) is 13.9. The summed E-state index contributed by atoms with van der Waals surface area (Å²) in [7, 11) is 0. The minimum absolute atomic E-state index is 0.208. The van der Waals surface area contributed by atoms with Gasteiger partial charge in [-0.3, -0.25) is 14.9 Å². The number of amides is 2. The number of nitrogens with one attached hydrogen (secondary N) is 2. The van der Waals surface area contributed by atoms with Crippen LogP contribution >= 0.6 is 15.9 Å². The number of carbonyl (C=O) groups excluding carboxylic acids is 2. The average Bonchev–Trinajstić information content (AvgIpc) is 2.45. The van der Waals surface area contributed by atoms with Crippen LogP contribution in [0.1, 0.15) is 25.8 Å². The van der Waals surface area contributed by atoms with Crippen molar-refractivity contribution in [3.63, 3.8) is 0 Å². The Bertz CT molecular complexity index is 548. The van der Waals surface area contributed by atoms with Crippen molar-refractivity contribution in [1.29, 1.82) is 0 Å². The van der Waals surface area contributed by atoms with Crippen molar-refractivity contribution >= 4 is 33.4 Å². The summed E-state index contributed by atoms with van der Waals surface area (Å²) >= 11 is 3.47. The van der Waals surface area contributed by atoms with E-state index in [-0.39, 0.29) is 24.4 Å². The van der Waals surface area contributed by atoms with Gasteiger partial charge < -0.3 is 10.2 Å². The number of hydrogen-bond donors (Lipinski definition) is 2. The Morgan fingerprint density at radius 3 is 2.81 bits per heavy atom. The highest BCUT2D eigenvalue weighted by atomic mass is 79.9. The molecule has 2 amide bonds. The molecule has 0 aromatic heterocycles. The number of hydrogen-bond acceptors (Lipinski definition) is 4. The SMILES string of the molecule is CCNCc1ccc(Br)cc1N1CC(=O)NC(=O)C1CC. The predicted octanol–water partition coefficient (Wildman–Crippen LogP) is 1.80. The molecule has 114 valence electrons. The fourth-order valence-electron chi connectivity index (χ4n) is 2.54. The summed E-state index contributed by atoms with van der Waals surface area (Å²) in [4.78, 5) is 25.7. The Balaban J connectivity index is 2.39. The van der Waals surface area contributed by atoms with Gasteiger partial charge in [0.15, 0.2) is 0 Å². The highest BCUT2D eigenvalue weighted by Gasteiger charge is 2.33. The van der Waals surface area contributed by atoms with Crippen LogP contribution in [0.15, 0.2) is 22.7 Å². The second-order valence-electron chi connectivity index (χ2n) is 5.02. The largest absolute Gasteiger partial charge is 0.350 e. The van der Waals surface area contributed by atoms with Crippen molar-refractivity contribution in [2.75, 3.05) is 18.0 Å². The molecule has 1 unspecified atom stereocenters. The van der Waals surface area contributed by atoms with E-state index in [2.05, 4.69) is 26.6 Å². The topological polar surface area (TPSA) is 61.4 Å². The first-order valence-corrected chi connectivity index (χ1v) is 7.95. The molecule has 0 bridgehead atoms. The van der Waals surface area contributed by atoms with Crippen LogP contribution in [0.3, 0.4) is 0 Å². The lowest BCUT2D eigenvalue weighted by Crippen LogP contribution is -2.58. The fraction of sp³-hybridized carbons (Fsp3) is 0.467. The molecule has 2 N–H and O–H groups in total. The summed E-state index contributed by atoms with van der Waals surface area (Å²) in [6, 6.07) is 5.66. The Morgan fingerprint density at radius 2 is 2.14 bits per heavy atom. The minimum atomic E-state index is -0.308. The molecule has 5 nitrogen and oxygen atoms in total. The second kappa shape index (κ2) is 7.04. The van der Waals surface area contributed by atoms with Gasteiger partial charge in [-0.25, -0.2) is 0 Å². The molecular formula is C15H20BrN3O2. The minimum Gasteiger partial charge on any atom is -0.350 e. The molecule has 0 saturated carbocycles. The Labute approximate surface area is 133 Å². The van der Waals surface area contributed by atoms with E-state index in [0.29, 0.717) is 13.0 Å². The molecule has 1 heterocycles. The monoisotopic (exact) mass is 353 g/mol. The number of rotatable bonds is 5. The van der Waals surface area contributed by atoms with E-state index in [9.17, 15) is 9.59 Å². The number of carbonyl (C=O) groups is 2. The molecule has 1 aliphatic rings. The standard InChI is InChI=1S/C15H20BrN3O2/c1-3-12-15(21)18-14(20)9-19(12)13-7-11(16)6-5-10(13)8-17-4-2/h5-7,12,17H,3-4,8-9H2,1-2H3,(H,18,20,21). The van der Waals surface area contributed by atoms with E-state index in [1.54, 1.807) is 0 Å². The third-order valence-electron chi connectivity index (χ3n) is 3.56. The lowest BCUT2D eigenvalue weighted by atomic mass is 10.0. The molecule has 1 aromatic rings. The van der Waals surface area contributed by atoms with Gasteiger partial charge in [-0.1, -0.05) is 35.8 Å². The summed E-state index contributed by atoms with van der Waals surface area (Å²) in [6.07, 6.45) is 0.659. The molecule has 1 atom stereocenters. The number of imide groups is 1. The predicted molar refractivity (Wildman–Crippen MR) is 86.1 cm³/mol. The van der Waals surface area contributed by atoms with Crippen LogP contribution in [0.25, 0.3) is 0 Å². The Morgan fingerprint density at radius 1 is 1.38 bits per heavy atom. The summed E-state index contributed by atoms with van der Waals surface area (Å²) in [5.74, 6) is -0.470. The zero-order chi connectivity index (χ0) is 15.4. The molecule has 21 heavy (non-hydrogen) atoms. The number of anilines is 1. The lowest BCUT2D eigenvalue weighted by molar-refractivity contribution is -0.132.